The standard InChI is InChI=1S/C13H18N2/c1-10(13(2,3)4)15-9-14-11-7-5-6-8-12(11)15/h5-10H,1-4H3. The van der Waals surface area contributed by atoms with Gasteiger partial charge in [-0.2, -0.15) is 0 Å². The zero-order chi connectivity index (χ0) is 11.1. The van der Waals surface area contributed by atoms with Crippen LogP contribution in [0.15, 0.2) is 30.6 Å². The number of fused-ring (bicyclic) bond motifs is 1. The molecule has 80 valence electrons. The minimum absolute atomic E-state index is 0.253. The van der Waals surface area contributed by atoms with E-state index >= 15 is 0 Å². The number of hydrogen-bond acceptors (Lipinski definition) is 1. The fourth-order valence-corrected chi connectivity index (χ4v) is 1.70. The maximum absolute atomic E-state index is 4.42. The average Bonchev–Trinajstić information content (AvgIpc) is 2.58. The summed E-state index contributed by atoms with van der Waals surface area (Å²) >= 11 is 0. The lowest BCUT2D eigenvalue weighted by atomic mass is 9.88. The second kappa shape index (κ2) is 3.37. The first-order chi connectivity index (χ1) is 7.00. The number of nitrogens with zero attached hydrogens (tertiary/aromatic N) is 2. The van der Waals surface area contributed by atoms with E-state index in [1.54, 1.807) is 0 Å². The summed E-state index contributed by atoms with van der Waals surface area (Å²) < 4.78 is 2.26. The molecule has 0 spiro atoms. The van der Waals surface area contributed by atoms with Crippen molar-refractivity contribution in [1.29, 1.82) is 0 Å². The van der Waals surface area contributed by atoms with Crippen molar-refractivity contribution in [2.24, 2.45) is 5.41 Å². The van der Waals surface area contributed by atoms with Gasteiger partial charge in [-0.05, 0) is 24.5 Å². The number of benzene rings is 1. The van der Waals surface area contributed by atoms with Gasteiger partial charge in [0.05, 0.1) is 17.4 Å². The summed E-state index contributed by atoms with van der Waals surface area (Å²) in [6.45, 7) is 9.01. The maximum atomic E-state index is 4.42. The lowest BCUT2D eigenvalue weighted by molar-refractivity contribution is 0.267. The Bertz CT molecular complexity index is 463. The number of hydrogen-bond donors (Lipinski definition) is 0. The van der Waals surface area contributed by atoms with Crippen LogP contribution in [0.4, 0.5) is 0 Å². The van der Waals surface area contributed by atoms with E-state index in [0.29, 0.717) is 6.04 Å². The molecule has 0 fully saturated rings. The van der Waals surface area contributed by atoms with Gasteiger partial charge in [-0.25, -0.2) is 4.98 Å². The zero-order valence-electron chi connectivity index (χ0n) is 9.86. The average molecular weight is 202 g/mol. The molecule has 2 aromatic rings. The molecule has 1 atom stereocenters. The Balaban J connectivity index is 2.53. The molecule has 0 amide bonds. The van der Waals surface area contributed by atoms with Gasteiger partial charge in [0.15, 0.2) is 0 Å². The van der Waals surface area contributed by atoms with E-state index in [2.05, 4.69) is 55.4 Å². The molecule has 1 aromatic heterocycles. The van der Waals surface area contributed by atoms with Crippen LogP contribution in [0.25, 0.3) is 11.0 Å². The highest BCUT2D eigenvalue weighted by Crippen LogP contribution is 2.32. The first kappa shape index (κ1) is 10.2. The van der Waals surface area contributed by atoms with E-state index < -0.39 is 0 Å². The third-order valence-corrected chi connectivity index (χ3v) is 3.15. The molecule has 0 saturated carbocycles. The minimum atomic E-state index is 0.253. The molecule has 0 aliphatic rings. The SMILES string of the molecule is CC(n1cnc2ccccc21)C(C)(C)C. The van der Waals surface area contributed by atoms with E-state index in [1.165, 1.54) is 5.52 Å². The fraction of sp³-hybridized carbons (Fsp3) is 0.462. The lowest BCUT2D eigenvalue weighted by Crippen LogP contribution is -2.20. The fourth-order valence-electron chi connectivity index (χ4n) is 1.70. The van der Waals surface area contributed by atoms with Gasteiger partial charge in [-0.15, -0.1) is 0 Å². The summed E-state index contributed by atoms with van der Waals surface area (Å²) in [5, 5.41) is 0. The molecular formula is C13H18N2. The third kappa shape index (κ3) is 1.76. The molecule has 15 heavy (non-hydrogen) atoms. The quantitative estimate of drug-likeness (QED) is 0.690. The molecule has 1 unspecified atom stereocenters. The number of rotatable bonds is 1. The van der Waals surface area contributed by atoms with Crippen molar-refractivity contribution in [3.8, 4) is 0 Å². The van der Waals surface area contributed by atoms with Gasteiger partial charge in [0.2, 0.25) is 0 Å². The van der Waals surface area contributed by atoms with Crippen molar-refractivity contribution < 1.29 is 0 Å². The maximum Gasteiger partial charge on any atom is 0.0961 e. The molecule has 2 heteroatoms. The summed E-state index contributed by atoms with van der Waals surface area (Å²) in [5.41, 5.74) is 2.55. The second-order valence-electron chi connectivity index (χ2n) is 5.18. The Morgan fingerprint density at radius 2 is 1.87 bits per heavy atom. The molecular weight excluding hydrogens is 184 g/mol. The van der Waals surface area contributed by atoms with E-state index in [9.17, 15) is 0 Å². The lowest BCUT2D eigenvalue weighted by Gasteiger charge is -2.28. The molecule has 1 heterocycles. The first-order valence-corrected chi connectivity index (χ1v) is 5.42. The monoisotopic (exact) mass is 202 g/mol. The molecule has 0 N–H and O–H groups in total. The van der Waals surface area contributed by atoms with Crippen molar-refractivity contribution in [2.45, 2.75) is 33.7 Å². The Hall–Kier alpha value is -1.31. The Morgan fingerprint density at radius 1 is 1.20 bits per heavy atom. The van der Waals surface area contributed by atoms with Gasteiger partial charge in [0.25, 0.3) is 0 Å². The van der Waals surface area contributed by atoms with Gasteiger partial charge in [-0.3, -0.25) is 0 Å². The van der Waals surface area contributed by atoms with Gasteiger partial charge in [0, 0.05) is 6.04 Å². The van der Waals surface area contributed by atoms with E-state index in [4.69, 9.17) is 0 Å². The van der Waals surface area contributed by atoms with E-state index in [-0.39, 0.29) is 5.41 Å². The first-order valence-electron chi connectivity index (χ1n) is 5.42. The summed E-state index contributed by atoms with van der Waals surface area (Å²) in [6.07, 6.45) is 1.95. The zero-order valence-corrected chi connectivity index (χ0v) is 9.86. The van der Waals surface area contributed by atoms with Crippen molar-refractivity contribution in [3.63, 3.8) is 0 Å². The van der Waals surface area contributed by atoms with E-state index in [1.807, 2.05) is 12.4 Å². The highest BCUT2D eigenvalue weighted by atomic mass is 15.1. The molecule has 0 aliphatic heterocycles. The van der Waals surface area contributed by atoms with E-state index in [0.717, 1.165) is 5.52 Å². The molecule has 2 rings (SSSR count). The Morgan fingerprint density at radius 3 is 2.53 bits per heavy atom. The Kier molecular flexibility index (Phi) is 2.29. The largest absolute Gasteiger partial charge is 0.327 e. The number of aromatic nitrogens is 2. The van der Waals surface area contributed by atoms with Gasteiger partial charge in [0.1, 0.15) is 0 Å². The molecule has 0 aliphatic carbocycles. The van der Waals surface area contributed by atoms with Gasteiger partial charge < -0.3 is 4.57 Å². The highest BCUT2D eigenvalue weighted by molar-refractivity contribution is 5.75. The van der Waals surface area contributed by atoms with Crippen LogP contribution in [0.1, 0.15) is 33.7 Å². The predicted molar refractivity (Wildman–Crippen MR) is 63.9 cm³/mol. The van der Waals surface area contributed by atoms with Gasteiger partial charge >= 0.3 is 0 Å². The molecule has 0 radical (unpaired) electrons. The summed E-state index contributed by atoms with van der Waals surface area (Å²) in [7, 11) is 0. The number of imidazole rings is 1. The van der Waals surface area contributed by atoms with Crippen LogP contribution in [0.3, 0.4) is 0 Å². The van der Waals surface area contributed by atoms with Crippen molar-refractivity contribution in [3.05, 3.63) is 30.6 Å². The normalized spacial score (nSPS) is 14.4. The third-order valence-electron chi connectivity index (χ3n) is 3.15. The van der Waals surface area contributed by atoms with Crippen LogP contribution in [0.5, 0.6) is 0 Å². The van der Waals surface area contributed by atoms with Gasteiger partial charge in [-0.1, -0.05) is 32.9 Å². The van der Waals surface area contributed by atoms with Crippen LogP contribution >= 0.6 is 0 Å². The summed E-state index contributed by atoms with van der Waals surface area (Å²) in [4.78, 5) is 4.42. The summed E-state index contributed by atoms with van der Waals surface area (Å²) in [5.74, 6) is 0. The van der Waals surface area contributed by atoms with Crippen molar-refractivity contribution in [2.75, 3.05) is 0 Å². The number of para-hydroxylation sites is 2. The Labute approximate surface area is 90.9 Å². The molecule has 0 bridgehead atoms. The van der Waals surface area contributed by atoms with Crippen LogP contribution in [0, 0.1) is 5.41 Å². The highest BCUT2D eigenvalue weighted by Gasteiger charge is 2.22. The van der Waals surface area contributed by atoms with Crippen LogP contribution in [-0.4, -0.2) is 9.55 Å². The van der Waals surface area contributed by atoms with Crippen LogP contribution < -0.4 is 0 Å². The van der Waals surface area contributed by atoms with Crippen molar-refractivity contribution in [1.82, 2.24) is 9.55 Å². The predicted octanol–water partition coefficient (Wildman–Crippen LogP) is 3.64. The summed E-state index contributed by atoms with van der Waals surface area (Å²) in [6, 6.07) is 8.73. The molecule has 1 aromatic carbocycles. The van der Waals surface area contributed by atoms with Crippen LogP contribution in [0.2, 0.25) is 0 Å². The topological polar surface area (TPSA) is 17.8 Å². The molecule has 2 nitrogen and oxygen atoms in total. The minimum Gasteiger partial charge on any atom is -0.327 e. The second-order valence-corrected chi connectivity index (χ2v) is 5.18. The smallest absolute Gasteiger partial charge is 0.0961 e. The van der Waals surface area contributed by atoms with Crippen molar-refractivity contribution >= 4 is 11.0 Å². The van der Waals surface area contributed by atoms with Crippen LogP contribution in [-0.2, 0) is 0 Å². The molecule has 0 saturated heterocycles.